The van der Waals surface area contributed by atoms with E-state index >= 15 is 0 Å². The summed E-state index contributed by atoms with van der Waals surface area (Å²) in [7, 11) is 2.25. The molecule has 1 heterocycles. The lowest BCUT2D eigenvalue weighted by molar-refractivity contribution is 0.191. The SMILES string of the molecule is CC(CCc1ccc(O)cc1)N(C)CC1CCCNC1. The number of rotatable bonds is 6. The van der Waals surface area contributed by atoms with Crippen LogP contribution in [0.2, 0.25) is 0 Å². The van der Waals surface area contributed by atoms with Crippen molar-refractivity contribution >= 4 is 0 Å². The van der Waals surface area contributed by atoms with Gasteiger partial charge >= 0.3 is 0 Å². The van der Waals surface area contributed by atoms with Gasteiger partial charge in [-0.15, -0.1) is 0 Å². The molecule has 2 atom stereocenters. The maximum atomic E-state index is 9.29. The quantitative estimate of drug-likeness (QED) is 0.838. The van der Waals surface area contributed by atoms with Crippen LogP contribution >= 0.6 is 0 Å². The fourth-order valence-electron chi connectivity index (χ4n) is 2.93. The second-order valence-corrected chi connectivity index (χ2v) is 6.21. The number of aromatic hydroxyl groups is 1. The number of piperidine rings is 1. The van der Waals surface area contributed by atoms with Crippen LogP contribution in [0.5, 0.6) is 5.75 Å². The third-order valence-corrected chi connectivity index (χ3v) is 4.48. The predicted molar refractivity (Wildman–Crippen MR) is 84.1 cm³/mol. The Kier molecular flexibility index (Phi) is 5.86. The van der Waals surface area contributed by atoms with Gasteiger partial charge in [0.2, 0.25) is 0 Å². The Bertz CT molecular complexity index is 384. The third kappa shape index (κ3) is 4.80. The Morgan fingerprint density at radius 3 is 2.75 bits per heavy atom. The maximum absolute atomic E-state index is 9.29. The van der Waals surface area contributed by atoms with Crippen molar-refractivity contribution in [1.82, 2.24) is 10.2 Å². The largest absolute Gasteiger partial charge is 0.508 e. The molecular formula is C17H28N2O. The van der Waals surface area contributed by atoms with Crippen molar-refractivity contribution in [1.29, 1.82) is 0 Å². The summed E-state index contributed by atoms with van der Waals surface area (Å²) in [5.41, 5.74) is 1.31. The number of phenolic OH excluding ortho intramolecular Hbond substituents is 1. The zero-order valence-electron chi connectivity index (χ0n) is 12.8. The van der Waals surface area contributed by atoms with E-state index in [-0.39, 0.29) is 0 Å². The molecule has 0 saturated carbocycles. The molecule has 1 saturated heterocycles. The van der Waals surface area contributed by atoms with Crippen molar-refractivity contribution in [2.24, 2.45) is 5.92 Å². The highest BCUT2D eigenvalue weighted by molar-refractivity contribution is 5.25. The summed E-state index contributed by atoms with van der Waals surface area (Å²) in [6.45, 7) is 5.88. The predicted octanol–water partition coefficient (Wildman–Crippen LogP) is 2.64. The Hall–Kier alpha value is -1.06. The zero-order valence-corrected chi connectivity index (χ0v) is 12.8. The summed E-state index contributed by atoms with van der Waals surface area (Å²) in [5, 5.41) is 12.8. The third-order valence-electron chi connectivity index (χ3n) is 4.48. The van der Waals surface area contributed by atoms with Crippen LogP contribution in [0.15, 0.2) is 24.3 Å². The first-order chi connectivity index (χ1) is 9.65. The van der Waals surface area contributed by atoms with E-state index in [9.17, 15) is 5.11 Å². The molecule has 1 aliphatic heterocycles. The smallest absolute Gasteiger partial charge is 0.115 e. The lowest BCUT2D eigenvalue weighted by Crippen LogP contribution is -2.40. The number of hydrogen-bond donors (Lipinski definition) is 2. The lowest BCUT2D eigenvalue weighted by Gasteiger charge is -2.31. The van der Waals surface area contributed by atoms with Crippen LogP contribution in [0.25, 0.3) is 0 Å². The Balaban J connectivity index is 1.72. The van der Waals surface area contributed by atoms with Gasteiger partial charge in [0, 0.05) is 12.6 Å². The van der Waals surface area contributed by atoms with E-state index in [0.717, 1.165) is 12.3 Å². The molecule has 1 aromatic rings. The van der Waals surface area contributed by atoms with E-state index in [1.54, 1.807) is 12.1 Å². The zero-order chi connectivity index (χ0) is 14.4. The summed E-state index contributed by atoms with van der Waals surface area (Å²) in [4.78, 5) is 2.50. The van der Waals surface area contributed by atoms with E-state index in [2.05, 4.69) is 24.2 Å². The highest BCUT2D eigenvalue weighted by Crippen LogP contribution is 2.16. The first kappa shape index (κ1) is 15.3. The van der Waals surface area contributed by atoms with Crippen molar-refractivity contribution in [3.05, 3.63) is 29.8 Å². The summed E-state index contributed by atoms with van der Waals surface area (Å²) < 4.78 is 0. The van der Waals surface area contributed by atoms with Gasteiger partial charge in [-0.05, 0) is 76.4 Å². The average molecular weight is 276 g/mol. The van der Waals surface area contributed by atoms with Crippen molar-refractivity contribution in [2.75, 3.05) is 26.7 Å². The summed E-state index contributed by atoms with van der Waals surface area (Å²) in [5.74, 6) is 1.16. The maximum Gasteiger partial charge on any atom is 0.115 e. The molecule has 2 unspecified atom stereocenters. The fourth-order valence-corrected chi connectivity index (χ4v) is 2.93. The number of nitrogens with zero attached hydrogens (tertiary/aromatic N) is 1. The minimum atomic E-state index is 0.351. The van der Waals surface area contributed by atoms with Gasteiger partial charge < -0.3 is 15.3 Å². The molecule has 0 radical (unpaired) electrons. The van der Waals surface area contributed by atoms with Crippen molar-refractivity contribution < 1.29 is 5.11 Å². The first-order valence-corrected chi connectivity index (χ1v) is 7.84. The van der Waals surface area contributed by atoms with Gasteiger partial charge in [0.05, 0.1) is 0 Å². The van der Waals surface area contributed by atoms with Gasteiger partial charge in [0.25, 0.3) is 0 Å². The highest BCUT2D eigenvalue weighted by atomic mass is 16.3. The molecular weight excluding hydrogens is 248 g/mol. The van der Waals surface area contributed by atoms with Gasteiger partial charge in [-0.1, -0.05) is 12.1 Å². The number of benzene rings is 1. The van der Waals surface area contributed by atoms with E-state index < -0.39 is 0 Å². The van der Waals surface area contributed by atoms with Crippen LogP contribution in [-0.4, -0.2) is 42.7 Å². The van der Waals surface area contributed by atoms with E-state index in [0.29, 0.717) is 11.8 Å². The molecule has 1 aliphatic rings. The van der Waals surface area contributed by atoms with Crippen molar-refractivity contribution in [2.45, 2.75) is 38.6 Å². The van der Waals surface area contributed by atoms with Gasteiger partial charge in [-0.2, -0.15) is 0 Å². The Morgan fingerprint density at radius 2 is 2.10 bits per heavy atom. The van der Waals surface area contributed by atoms with Gasteiger partial charge in [0.15, 0.2) is 0 Å². The van der Waals surface area contributed by atoms with E-state index in [1.165, 1.54) is 44.5 Å². The lowest BCUT2D eigenvalue weighted by atomic mass is 9.98. The highest BCUT2D eigenvalue weighted by Gasteiger charge is 2.17. The topological polar surface area (TPSA) is 35.5 Å². The molecule has 20 heavy (non-hydrogen) atoms. The van der Waals surface area contributed by atoms with Crippen LogP contribution in [0.4, 0.5) is 0 Å². The second kappa shape index (κ2) is 7.65. The van der Waals surface area contributed by atoms with E-state index in [1.807, 2.05) is 12.1 Å². The molecule has 0 aliphatic carbocycles. The van der Waals surface area contributed by atoms with Crippen LogP contribution in [0.3, 0.4) is 0 Å². The molecule has 0 spiro atoms. The van der Waals surface area contributed by atoms with Crippen molar-refractivity contribution in [3.8, 4) is 5.75 Å². The first-order valence-electron chi connectivity index (χ1n) is 7.84. The van der Waals surface area contributed by atoms with Gasteiger partial charge in [-0.3, -0.25) is 0 Å². The molecule has 2 rings (SSSR count). The second-order valence-electron chi connectivity index (χ2n) is 6.21. The Morgan fingerprint density at radius 1 is 1.35 bits per heavy atom. The average Bonchev–Trinajstić information content (AvgIpc) is 2.47. The monoisotopic (exact) mass is 276 g/mol. The number of aryl methyl sites for hydroxylation is 1. The normalized spacial score (nSPS) is 21.1. The number of nitrogens with one attached hydrogen (secondary N) is 1. The summed E-state index contributed by atoms with van der Waals surface area (Å²) >= 11 is 0. The molecule has 0 aromatic heterocycles. The number of phenols is 1. The minimum absolute atomic E-state index is 0.351. The summed E-state index contributed by atoms with van der Waals surface area (Å²) in [6.07, 6.45) is 4.93. The molecule has 1 aromatic carbocycles. The van der Waals surface area contributed by atoms with Crippen LogP contribution in [-0.2, 0) is 6.42 Å². The molecule has 0 bridgehead atoms. The molecule has 0 amide bonds. The molecule has 2 N–H and O–H groups in total. The Labute approximate surface area is 123 Å². The molecule has 3 nitrogen and oxygen atoms in total. The number of hydrogen-bond acceptors (Lipinski definition) is 3. The molecule has 112 valence electrons. The van der Waals surface area contributed by atoms with Crippen LogP contribution < -0.4 is 5.32 Å². The fraction of sp³-hybridized carbons (Fsp3) is 0.647. The van der Waals surface area contributed by atoms with Crippen LogP contribution in [0, 0.1) is 5.92 Å². The standard InChI is InChI=1S/C17H28N2O/c1-14(5-6-15-7-9-17(20)10-8-15)19(2)13-16-4-3-11-18-12-16/h7-10,14,16,18,20H,3-6,11-13H2,1-2H3. The summed E-state index contributed by atoms with van der Waals surface area (Å²) in [6, 6.07) is 8.19. The van der Waals surface area contributed by atoms with Crippen molar-refractivity contribution in [3.63, 3.8) is 0 Å². The van der Waals surface area contributed by atoms with Crippen LogP contribution in [0.1, 0.15) is 31.7 Å². The molecule has 1 fully saturated rings. The van der Waals surface area contributed by atoms with Gasteiger partial charge in [0.1, 0.15) is 5.75 Å². The molecule has 3 heteroatoms. The minimum Gasteiger partial charge on any atom is -0.508 e. The van der Waals surface area contributed by atoms with E-state index in [4.69, 9.17) is 0 Å². The van der Waals surface area contributed by atoms with Gasteiger partial charge in [-0.25, -0.2) is 0 Å².